The van der Waals surface area contributed by atoms with Gasteiger partial charge in [0.25, 0.3) is 0 Å². The first-order valence-corrected chi connectivity index (χ1v) is 17.7. The van der Waals surface area contributed by atoms with Crippen LogP contribution in [0.2, 0.25) is 0 Å². The smallest absolute Gasteiger partial charge is 0.220 e. The molecule has 0 aliphatic carbocycles. The Bertz CT molecular complexity index is 628. The van der Waals surface area contributed by atoms with Gasteiger partial charge in [0, 0.05) is 6.42 Å². The molecule has 4 heteroatoms. The molecular formula is C37H69NO3. The van der Waals surface area contributed by atoms with Gasteiger partial charge in [-0.3, -0.25) is 4.79 Å². The molecule has 0 aromatic carbocycles. The highest BCUT2D eigenvalue weighted by Gasteiger charge is 2.17. The van der Waals surface area contributed by atoms with Gasteiger partial charge < -0.3 is 15.5 Å². The molecule has 2 atom stereocenters. The SMILES string of the molecule is CCCCCCCCCCCCC/C=C/CC/C=C/CC/C=C/C(O)C(CO)NC(=O)CCCCCCCCCC. The predicted molar refractivity (Wildman–Crippen MR) is 179 cm³/mol. The monoisotopic (exact) mass is 576 g/mol. The predicted octanol–water partition coefficient (Wildman–Crippen LogP) is 10.3. The molecule has 0 spiro atoms. The average molecular weight is 576 g/mol. The summed E-state index contributed by atoms with van der Waals surface area (Å²) >= 11 is 0. The van der Waals surface area contributed by atoms with E-state index in [9.17, 15) is 15.0 Å². The van der Waals surface area contributed by atoms with Crippen LogP contribution in [0, 0.1) is 0 Å². The summed E-state index contributed by atoms with van der Waals surface area (Å²) in [7, 11) is 0. The number of hydrogen-bond donors (Lipinski definition) is 3. The Morgan fingerprint density at radius 2 is 0.951 bits per heavy atom. The Kier molecular flexibility index (Phi) is 32.0. The minimum Gasteiger partial charge on any atom is -0.394 e. The lowest BCUT2D eigenvalue weighted by atomic mass is 10.1. The molecule has 41 heavy (non-hydrogen) atoms. The number of hydrogen-bond acceptors (Lipinski definition) is 3. The fourth-order valence-corrected chi connectivity index (χ4v) is 5.09. The number of aliphatic hydroxyl groups is 2. The van der Waals surface area contributed by atoms with E-state index in [1.54, 1.807) is 6.08 Å². The fourth-order valence-electron chi connectivity index (χ4n) is 5.09. The number of carbonyl (C=O) groups excluding carboxylic acids is 1. The quantitative estimate of drug-likeness (QED) is 0.0569. The van der Waals surface area contributed by atoms with E-state index in [0.717, 1.165) is 38.5 Å². The van der Waals surface area contributed by atoms with Crippen molar-refractivity contribution in [2.45, 2.75) is 187 Å². The van der Waals surface area contributed by atoms with Gasteiger partial charge in [0.15, 0.2) is 0 Å². The molecule has 240 valence electrons. The van der Waals surface area contributed by atoms with Gasteiger partial charge in [-0.15, -0.1) is 0 Å². The molecule has 0 saturated heterocycles. The maximum absolute atomic E-state index is 12.2. The van der Waals surface area contributed by atoms with Crippen LogP contribution in [0.4, 0.5) is 0 Å². The molecule has 0 aliphatic rings. The lowest BCUT2D eigenvalue weighted by Gasteiger charge is -2.19. The van der Waals surface area contributed by atoms with Crippen LogP contribution in [0.5, 0.6) is 0 Å². The zero-order chi connectivity index (χ0) is 30.1. The number of amides is 1. The topological polar surface area (TPSA) is 69.6 Å². The van der Waals surface area contributed by atoms with Crippen LogP contribution in [0.3, 0.4) is 0 Å². The lowest BCUT2D eigenvalue weighted by molar-refractivity contribution is -0.123. The van der Waals surface area contributed by atoms with Crippen LogP contribution in [0.15, 0.2) is 36.5 Å². The summed E-state index contributed by atoms with van der Waals surface area (Å²) in [6, 6.07) is -0.639. The first-order chi connectivity index (χ1) is 20.2. The van der Waals surface area contributed by atoms with Gasteiger partial charge in [0.05, 0.1) is 18.8 Å². The third-order valence-corrected chi connectivity index (χ3v) is 7.85. The van der Waals surface area contributed by atoms with Gasteiger partial charge in [-0.05, 0) is 44.9 Å². The fraction of sp³-hybridized carbons (Fsp3) is 0.811. The first kappa shape index (κ1) is 39.6. The molecule has 0 rings (SSSR count). The zero-order valence-electron chi connectivity index (χ0n) is 27.3. The highest BCUT2D eigenvalue weighted by molar-refractivity contribution is 5.76. The van der Waals surface area contributed by atoms with Crippen molar-refractivity contribution in [1.29, 1.82) is 0 Å². The Balaban J connectivity index is 3.68. The van der Waals surface area contributed by atoms with E-state index >= 15 is 0 Å². The minimum atomic E-state index is -0.864. The number of rotatable bonds is 31. The zero-order valence-corrected chi connectivity index (χ0v) is 27.3. The minimum absolute atomic E-state index is 0.0849. The summed E-state index contributed by atoms with van der Waals surface area (Å²) in [5.41, 5.74) is 0. The molecule has 0 aromatic rings. The summed E-state index contributed by atoms with van der Waals surface area (Å²) in [5.74, 6) is -0.0849. The van der Waals surface area contributed by atoms with Gasteiger partial charge in [-0.25, -0.2) is 0 Å². The van der Waals surface area contributed by atoms with Crippen molar-refractivity contribution in [1.82, 2.24) is 5.32 Å². The average Bonchev–Trinajstić information content (AvgIpc) is 2.97. The van der Waals surface area contributed by atoms with Crippen molar-refractivity contribution < 1.29 is 15.0 Å². The molecule has 3 N–H and O–H groups in total. The van der Waals surface area contributed by atoms with Gasteiger partial charge in [-0.2, -0.15) is 0 Å². The van der Waals surface area contributed by atoms with E-state index in [2.05, 4.69) is 43.5 Å². The van der Waals surface area contributed by atoms with Crippen LogP contribution in [-0.4, -0.2) is 34.9 Å². The van der Waals surface area contributed by atoms with Crippen molar-refractivity contribution >= 4 is 5.91 Å². The molecule has 0 aliphatic heterocycles. The summed E-state index contributed by atoms with van der Waals surface area (Å²) in [4.78, 5) is 12.2. The molecule has 0 saturated carbocycles. The summed E-state index contributed by atoms with van der Waals surface area (Å²) in [5, 5.41) is 22.7. The maximum Gasteiger partial charge on any atom is 0.220 e. The van der Waals surface area contributed by atoms with Crippen molar-refractivity contribution in [3.05, 3.63) is 36.5 Å². The molecule has 0 heterocycles. The highest BCUT2D eigenvalue weighted by Crippen LogP contribution is 2.13. The molecule has 0 fully saturated rings. The number of aliphatic hydroxyl groups excluding tert-OH is 2. The first-order valence-electron chi connectivity index (χ1n) is 17.7. The third-order valence-electron chi connectivity index (χ3n) is 7.85. The van der Waals surface area contributed by atoms with Crippen molar-refractivity contribution in [3.63, 3.8) is 0 Å². The largest absolute Gasteiger partial charge is 0.394 e. The van der Waals surface area contributed by atoms with E-state index in [4.69, 9.17) is 0 Å². The summed E-state index contributed by atoms with van der Waals surface area (Å²) < 4.78 is 0. The van der Waals surface area contributed by atoms with E-state index < -0.39 is 12.1 Å². The van der Waals surface area contributed by atoms with Crippen molar-refractivity contribution in [3.8, 4) is 0 Å². The second kappa shape index (κ2) is 33.1. The molecule has 0 aromatic heterocycles. The van der Waals surface area contributed by atoms with Gasteiger partial charge in [0.1, 0.15) is 0 Å². The highest BCUT2D eigenvalue weighted by atomic mass is 16.3. The van der Waals surface area contributed by atoms with E-state index in [1.165, 1.54) is 116 Å². The van der Waals surface area contributed by atoms with E-state index in [-0.39, 0.29) is 12.5 Å². The van der Waals surface area contributed by atoms with Crippen LogP contribution < -0.4 is 5.32 Å². The van der Waals surface area contributed by atoms with Crippen molar-refractivity contribution in [2.24, 2.45) is 0 Å². The standard InChI is InChI=1S/C37H69NO3/c1-3-5-7-9-11-13-14-15-16-17-18-19-20-21-22-23-24-25-26-28-30-32-36(40)35(34-39)38-37(41)33-31-29-27-12-10-8-6-4-2/h20-21,24-25,30,32,35-36,39-40H,3-19,22-23,26-29,31,33-34H2,1-2H3,(H,38,41)/b21-20+,25-24+,32-30+. The molecule has 4 nitrogen and oxygen atoms in total. The Morgan fingerprint density at radius 1 is 0.561 bits per heavy atom. The second-order valence-corrected chi connectivity index (χ2v) is 11.9. The normalized spacial score (nSPS) is 13.6. The summed E-state index contributed by atoms with van der Waals surface area (Å²) in [6.45, 7) is 4.24. The number of allylic oxidation sites excluding steroid dienone is 5. The van der Waals surface area contributed by atoms with Crippen LogP contribution in [0.25, 0.3) is 0 Å². The Labute approximate surface area is 255 Å². The molecule has 1 amide bonds. The van der Waals surface area contributed by atoms with Gasteiger partial charge >= 0.3 is 0 Å². The lowest BCUT2D eigenvalue weighted by Crippen LogP contribution is -2.45. The third kappa shape index (κ3) is 29.9. The van der Waals surface area contributed by atoms with E-state index in [0.29, 0.717) is 6.42 Å². The summed E-state index contributed by atoms with van der Waals surface area (Å²) in [6.07, 6.45) is 42.4. The van der Waals surface area contributed by atoms with Gasteiger partial charge in [-0.1, -0.05) is 159 Å². The number of unbranched alkanes of at least 4 members (excludes halogenated alkanes) is 20. The van der Waals surface area contributed by atoms with Crippen LogP contribution in [-0.2, 0) is 4.79 Å². The van der Waals surface area contributed by atoms with Crippen molar-refractivity contribution in [2.75, 3.05) is 6.61 Å². The van der Waals surface area contributed by atoms with Crippen LogP contribution in [0.1, 0.15) is 174 Å². The Hall–Kier alpha value is -1.39. The molecule has 0 bridgehead atoms. The number of carbonyl (C=O) groups is 1. The second-order valence-electron chi connectivity index (χ2n) is 11.9. The molecule has 0 radical (unpaired) electrons. The maximum atomic E-state index is 12.2. The number of nitrogens with one attached hydrogen (secondary N) is 1. The molecule has 2 unspecified atom stereocenters. The van der Waals surface area contributed by atoms with Gasteiger partial charge in [0.2, 0.25) is 5.91 Å². The Morgan fingerprint density at radius 3 is 1.41 bits per heavy atom. The van der Waals surface area contributed by atoms with Crippen LogP contribution >= 0.6 is 0 Å². The molecular weight excluding hydrogens is 506 g/mol. The van der Waals surface area contributed by atoms with E-state index in [1.807, 2.05) is 6.08 Å².